The summed E-state index contributed by atoms with van der Waals surface area (Å²) in [5, 5.41) is 9.83. The van der Waals surface area contributed by atoms with Gasteiger partial charge in [-0.05, 0) is 24.6 Å². The Balaban J connectivity index is 1.97. The third-order valence-corrected chi connectivity index (χ3v) is 1.93. The lowest BCUT2D eigenvalue weighted by atomic mass is 10.2. The van der Waals surface area contributed by atoms with Gasteiger partial charge in [-0.15, -0.1) is 10.2 Å². The van der Waals surface area contributed by atoms with Crippen LogP contribution in [-0.4, -0.2) is 20.9 Å². The highest BCUT2D eigenvalue weighted by molar-refractivity contribution is 5.94. The van der Waals surface area contributed by atoms with Crippen LogP contribution in [0.2, 0.25) is 0 Å². The van der Waals surface area contributed by atoms with Gasteiger partial charge in [0.05, 0.1) is 0 Å². The molecule has 2 aromatic rings. The van der Waals surface area contributed by atoms with Gasteiger partial charge in [-0.1, -0.05) is 12.1 Å². The molecule has 0 saturated heterocycles. The minimum Gasteiger partial charge on any atom is -0.307 e. The maximum atomic E-state index is 11.5. The summed E-state index contributed by atoms with van der Waals surface area (Å²) < 4.78 is 1.37. The normalized spacial score (nSPS) is 9.81. The Morgan fingerprint density at radius 2 is 2.06 bits per heavy atom. The molecule has 1 heterocycles. The summed E-state index contributed by atoms with van der Waals surface area (Å²) in [6.07, 6.45) is 2.80. The van der Waals surface area contributed by atoms with Crippen LogP contribution in [0.5, 0.6) is 0 Å². The van der Waals surface area contributed by atoms with Crippen molar-refractivity contribution in [1.82, 2.24) is 14.9 Å². The first-order chi connectivity index (χ1) is 7.74. The Bertz CT molecular complexity index is 480. The van der Waals surface area contributed by atoms with Crippen molar-refractivity contribution in [2.45, 2.75) is 6.92 Å². The van der Waals surface area contributed by atoms with Crippen LogP contribution in [0.4, 0.5) is 10.5 Å². The van der Waals surface area contributed by atoms with Gasteiger partial charge in [0, 0.05) is 5.69 Å². The van der Waals surface area contributed by atoms with Gasteiger partial charge >= 0.3 is 6.03 Å². The molecule has 0 saturated carbocycles. The molecule has 0 bridgehead atoms. The highest BCUT2D eigenvalue weighted by Crippen LogP contribution is 2.08. The molecule has 0 radical (unpaired) electrons. The average molecular weight is 217 g/mol. The first-order valence-electron chi connectivity index (χ1n) is 4.73. The molecular formula is C10H11N5O. The number of hydrogen-bond acceptors (Lipinski definition) is 3. The van der Waals surface area contributed by atoms with E-state index in [0.29, 0.717) is 0 Å². The Morgan fingerprint density at radius 1 is 1.31 bits per heavy atom. The number of nitrogens with one attached hydrogen (secondary N) is 2. The average Bonchev–Trinajstić information content (AvgIpc) is 2.70. The first kappa shape index (κ1) is 10.2. The Labute approximate surface area is 92.3 Å². The van der Waals surface area contributed by atoms with Crippen molar-refractivity contribution in [2.75, 3.05) is 10.7 Å². The number of amides is 2. The number of carbonyl (C=O) groups excluding carboxylic acids is 1. The second kappa shape index (κ2) is 4.43. The van der Waals surface area contributed by atoms with Crippen LogP contribution >= 0.6 is 0 Å². The van der Waals surface area contributed by atoms with Crippen LogP contribution in [0.15, 0.2) is 36.9 Å². The van der Waals surface area contributed by atoms with Crippen LogP contribution < -0.4 is 10.7 Å². The van der Waals surface area contributed by atoms with Gasteiger partial charge in [0.15, 0.2) is 0 Å². The minimum atomic E-state index is -0.342. The van der Waals surface area contributed by atoms with Crippen LogP contribution in [0.25, 0.3) is 0 Å². The highest BCUT2D eigenvalue weighted by Gasteiger charge is 2.01. The number of hydrogen-bond donors (Lipinski definition) is 2. The summed E-state index contributed by atoms with van der Waals surface area (Å²) in [6, 6.07) is 7.20. The number of anilines is 1. The Morgan fingerprint density at radius 3 is 2.75 bits per heavy atom. The molecule has 0 aliphatic heterocycles. The van der Waals surface area contributed by atoms with Gasteiger partial charge in [0.25, 0.3) is 0 Å². The van der Waals surface area contributed by atoms with Gasteiger partial charge < -0.3 is 5.32 Å². The number of rotatable bonds is 2. The highest BCUT2D eigenvalue weighted by atomic mass is 16.2. The fraction of sp³-hybridized carbons (Fsp3) is 0.100. The van der Waals surface area contributed by atoms with E-state index >= 15 is 0 Å². The van der Waals surface area contributed by atoms with Crippen molar-refractivity contribution in [3.05, 3.63) is 42.5 Å². The smallest absolute Gasteiger partial charge is 0.307 e. The third kappa shape index (κ3) is 2.57. The van der Waals surface area contributed by atoms with E-state index in [-0.39, 0.29) is 6.03 Å². The molecule has 0 aliphatic carbocycles. The molecule has 1 aromatic heterocycles. The molecule has 0 spiro atoms. The van der Waals surface area contributed by atoms with Gasteiger partial charge in [0.1, 0.15) is 12.7 Å². The predicted molar refractivity (Wildman–Crippen MR) is 59.6 cm³/mol. The molecular weight excluding hydrogens is 206 g/mol. The zero-order valence-electron chi connectivity index (χ0n) is 8.71. The third-order valence-electron chi connectivity index (χ3n) is 1.93. The predicted octanol–water partition coefficient (Wildman–Crippen LogP) is 1.36. The lowest BCUT2D eigenvalue weighted by molar-refractivity contribution is 0.259. The van der Waals surface area contributed by atoms with E-state index in [4.69, 9.17) is 0 Å². The van der Waals surface area contributed by atoms with E-state index in [2.05, 4.69) is 20.9 Å². The fourth-order valence-corrected chi connectivity index (χ4v) is 1.26. The topological polar surface area (TPSA) is 71.8 Å². The lowest BCUT2D eigenvalue weighted by Gasteiger charge is -2.07. The Hall–Kier alpha value is -2.37. The van der Waals surface area contributed by atoms with Crippen molar-refractivity contribution >= 4 is 11.7 Å². The monoisotopic (exact) mass is 217 g/mol. The maximum Gasteiger partial charge on any atom is 0.338 e. The largest absolute Gasteiger partial charge is 0.338 e. The summed E-state index contributed by atoms with van der Waals surface area (Å²) in [6.45, 7) is 1.96. The number of carbonyl (C=O) groups is 1. The van der Waals surface area contributed by atoms with Gasteiger partial charge in [-0.2, -0.15) is 0 Å². The van der Waals surface area contributed by atoms with E-state index in [1.807, 2.05) is 31.2 Å². The minimum absolute atomic E-state index is 0.342. The second-order valence-electron chi connectivity index (χ2n) is 3.30. The quantitative estimate of drug-likeness (QED) is 0.797. The SMILES string of the molecule is Cc1cccc(NC(=O)Nn2cnnc2)c1. The fourth-order valence-electron chi connectivity index (χ4n) is 1.26. The summed E-state index contributed by atoms with van der Waals surface area (Å²) in [4.78, 5) is 11.5. The second-order valence-corrected chi connectivity index (χ2v) is 3.30. The van der Waals surface area contributed by atoms with Crippen molar-refractivity contribution in [3.63, 3.8) is 0 Å². The molecule has 2 amide bonds. The summed E-state index contributed by atoms with van der Waals surface area (Å²) in [5.74, 6) is 0. The number of urea groups is 1. The van der Waals surface area contributed by atoms with E-state index in [1.54, 1.807) is 0 Å². The molecule has 0 unspecified atom stereocenters. The molecule has 2 rings (SSSR count). The standard InChI is InChI=1S/C10H11N5O/c1-8-3-2-4-9(5-8)13-10(16)14-15-6-11-12-7-15/h2-7H,1H3,(H2,13,14,16). The number of aromatic nitrogens is 3. The van der Waals surface area contributed by atoms with Crippen molar-refractivity contribution in [1.29, 1.82) is 0 Å². The van der Waals surface area contributed by atoms with Crippen LogP contribution in [0, 0.1) is 6.92 Å². The van der Waals surface area contributed by atoms with Gasteiger partial charge in [-0.25, -0.2) is 14.9 Å². The van der Waals surface area contributed by atoms with Gasteiger partial charge in [0.2, 0.25) is 0 Å². The van der Waals surface area contributed by atoms with Crippen LogP contribution in [0.3, 0.4) is 0 Å². The first-order valence-corrected chi connectivity index (χ1v) is 4.73. The molecule has 2 N–H and O–H groups in total. The number of nitrogens with zero attached hydrogens (tertiary/aromatic N) is 3. The zero-order valence-corrected chi connectivity index (χ0v) is 8.71. The van der Waals surface area contributed by atoms with E-state index in [0.717, 1.165) is 11.3 Å². The van der Waals surface area contributed by atoms with E-state index in [9.17, 15) is 4.79 Å². The molecule has 0 aliphatic rings. The molecule has 6 heteroatoms. The van der Waals surface area contributed by atoms with Crippen LogP contribution in [0.1, 0.15) is 5.56 Å². The zero-order chi connectivity index (χ0) is 11.4. The maximum absolute atomic E-state index is 11.5. The molecule has 6 nitrogen and oxygen atoms in total. The lowest BCUT2D eigenvalue weighted by Crippen LogP contribution is -2.26. The van der Waals surface area contributed by atoms with Crippen molar-refractivity contribution in [3.8, 4) is 0 Å². The number of aryl methyl sites for hydroxylation is 1. The Kier molecular flexibility index (Phi) is 2.81. The van der Waals surface area contributed by atoms with Crippen LogP contribution in [-0.2, 0) is 0 Å². The molecule has 16 heavy (non-hydrogen) atoms. The molecule has 82 valence electrons. The van der Waals surface area contributed by atoms with Crippen molar-refractivity contribution in [2.24, 2.45) is 0 Å². The summed E-state index contributed by atoms with van der Waals surface area (Å²) in [7, 11) is 0. The molecule has 0 atom stereocenters. The van der Waals surface area contributed by atoms with Gasteiger partial charge in [-0.3, -0.25) is 0 Å². The number of benzene rings is 1. The van der Waals surface area contributed by atoms with Crippen molar-refractivity contribution < 1.29 is 4.79 Å². The van der Waals surface area contributed by atoms with E-state index < -0.39 is 0 Å². The molecule has 1 aromatic carbocycles. The summed E-state index contributed by atoms with van der Waals surface area (Å²) >= 11 is 0. The summed E-state index contributed by atoms with van der Waals surface area (Å²) in [5.41, 5.74) is 4.36. The van der Waals surface area contributed by atoms with E-state index in [1.165, 1.54) is 17.3 Å². The molecule has 0 fully saturated rings.